The third kappa shape index (κ3) is 3.74. The number of aromatic amines is 1. The van der Waals surface area contributed by atoms with Crippen LogP contribution in [0.25, 0.3) is 0 Å². The quantitative estimate of drug-likeness (QED) is 0.574. The minimum absolute atomic E-state index is 0.0876. The van der Waals surface area contributed by atoms with E-state index in [0.29, 0.717) is 10.8 Å². The van der Waals surface area contributed by atoms with E-state index in [-0.39, 0.29) is 23.7 Å². The number of hydrogen-bond donors (Lipinski definition) is 3. The number of thioether (sulfide) groups is 1. The number of anilines is 2. The van der Waals surface area contributed by atoms with E-state index in [1.807, 2.05) is 32.0 Å². The van der Waals surface area contributed by atoms with Gasteiger partial charge in [0, 0.05) is 12.1 Å². The first-order valence-electron chi connectivity index (χ1n) is 7.92. The summed E-state index contributed by atoms with van der Waals surface area (Å²) in [6, 6.07) is 7.33. The van der Waals surface area contributed by atoms with Crippen molar-refractivity contribution in [3.05, 3.63) is 45.7 Å². The number of rotatable bonds is 4. The van der Waals surface area contributed by atoms with Gasteiger partial charge in [0.2, 0.25) is 11.8 Å². The molecule has 0 saturated carbocycles. The molecule has 0 aliphatic carbocycles. The highest BCUT2D eigenvalue weighted by molar-refractivity contribution is 7.99. The Kier molecular flexibility index (Phi) is 4.89. The molecule has 1 aliphatic heterocycles. The van der Waals surface area contributed by atoms with E-state index >= 15 is 0 Å². The predicted octanol–water partition coefficient (Wildman–Crippen LogP) is 2.25. The Morgan fingerprint density at radius 3 is 2.92 bits per heavy atom. The van der Waals surface area contributed by atoms with Crippen LogP contribution >= 0.6 is 11.8 Å². The van der Waals surface area contributed by atoms with Gasteiger partial charge in [0.25, 0.3) is 5.56 Å². The van der Waals surface area contributed by atoms with Crippen LogP contribution in [0.4, 0.5) is 11.5 Å². The number of benzene rings is 1. The smallest absolute Gasteiger partial charge is 0.257 e. The summed E-state index contributed by atoms with van der Waals surface area (Å²) in [6.07, 6.45) is -0.0876. The molecule has 2 heterocycles. The van der Waals surface area contributed by atoms with Crippen molar-refractivity contribution < 1.29 is 9.59 Å². The maximum atomic E-state index is 12.7. The normalized spacial score (nSPS) is 16.1. The highest BCUT2D eigenvalue weighted by Gasteiger charge is 2.34. The number of carbonyl (C=O) groups is 2. The van der Waals surface area contributed by atoms with Gasteiger partial charge in [0.05, 0.1) is 11.5 Å². The van der Waals surface area contributed by atoms with Crippen LogP contribution in [-0.2, 0) is 9.59 Å². The van der Waals surface area contributed by atoms with Crippen molar-refractivity contribution in [3.8, 4) is 0 Å². The molecule has 0 radical (unpaired) electrons. The van der Waals surface area contributed by atoms with Gasteiger partial charge in [-0.3, -0.25) is 14.4 Å². The molecule has 25 heavy (non-hydrogen) atoms. The van der Waals surface area contributed by atoms with Crippen molar-refractivity contribution in [2.24, 2.45) is 0 Å². The molecule has 3 N–H and O–H groups in total. The summed E-state index contributed by atoms with van der Waals surface area (Å²) in [5.41, 5.74) is 1.43. The minimum atomic E-state index is -0.874. The topological polar surface area (TPSA) is 104 Å². The van der Waals surface area contributed by atoms with Crippen LogP contribution < -0.4 is 16.2 Å². The van der Waals surface area contributed by atoms with Gasteiger partial charge in [-0.25, -0.2) is 4.98 Å². The molecule has 130 valence electrons. The van der Waals surface area contributed by atoms with Crippen LogP contribution in [0.15, 0.2) is 34.2 Å². The Labute approximate surface area is 148 Å². The van der Waals surface area contributed by atoms with Crippen molar-refractivity contribution >= 4 is 35.1 Å². The summed E-state index contributed by atoms with van der Waals surface area (Å²) in [5.74, 6) is -0.707. The van der Waals surface area contributed by atoms with E-state index in [0.717, 1.165) is 11.3 Å². The Bertz CT molecular complexity index is 894. The van der Waals surface area contributed by atoms with Crippen molar-refractivity contribution in [1.82, 2.24) is 9.97 Å². The molecule has 1 aromatic carbocycles. The first-order valence-corrected chi connectivity index (χ1v) is 8.91. The number of carbonyl (C=O) groups excluding carboxylic acids is 2. The van der Waals surface area contributed by atoms with Gasteiger partial charge in [0.15, 0.2) is 5.16 Å². The lowest BCUT2D eigenvalue weighted by Gasteiger charge is -2.23. The Balaban J connectivity index is 1.94. The molecule has 0 spiro atoms. The lowest BCUT2D eigenvalue weighted by molar-refractivity contribution is -0.123. The summed E-state index contributed by atoms with van der Waals surface area (Å²) in [5, 5.41) is 5.79. The zero-order valence-corrected chi connectivity index (χ0v) is 14.7. The molecule has 3 rings (SSSR count). The van der Waals surface area contributed by atoms with E-state index in [1.54, 1.807) is 6.07 Å². The molecule has 1 aromatic heterocycles. The molecule has 0 bridgehead atoms. The average molecular weight is 358 g/mol. The fourth-order valence-electron chi connectivity index (χ4n) is 2.73. The number of hydrogen-bond acceptors (Lipinski definition) is 5. The van der Waals surface area contributed by atoms with Crippen LogP contribution in [-0.4, -0.2) is 27.5 Å². The second kappa shape index (κ2) is 7.10. The van der Waals surface area contributed by atoms with E-state index in [2.05, 4.69) is 20.6 Å². The molecule has 7 nitrogen and oxygen atoms in total. The number of aryl methyl sites for hydroxylation is 1. The summed E-state index contributed by atoms with van der Waals surface area (Å²) in [7, 11) is 0. The van der Waals surface area contributed by atoms with Crippen molar-refractivity contribution in [3.63, 3.8) is 0 Å². The number of H-pyrrole nitrogens is 1. The summed E-state index contributed by atoms with van der Waals surface area (Å²) in [6.45, 7) is 3.85. The van der Waals surface area contributed by atoms with Crippen molar-refractivity contribution in [2.45, 2.75) is 31.3 Å². The molecule has 0 saturated heterocycles. The van der Waals surface area contributed by atoms with Crippen LogP contribution in [0.1, 0.15) is 30.4 Å². The molecular weight excluding hydrogens is 340 g/mol. The lowest BCUT2D eigenvalue weighted by atomic mass is 9.92. The highest BCUT2D eigenvalue weighted by atomic mass is 32.2. The molecule has 2 amide bonds. The Morgan fingerprint density at radius 2 is 2.20 bits per heavy atom. The second-order valence-corrected chi connectivity index (χ2v) is 6.98. The summed E-state index contributed by atoms with van der Waals surface area (Å²) < 4.78 is 0. The van der Waals surface area contributed by atoms with Gasteiger partial charge < -0.3 is 15.6 Å². The largest absolute Gasteiger partial charge is 0.326 e. The zero-order valence-electron chi connectivity index (χ0n) is 13.9. The predicted molar refractivity (Wildman–Crippen MR) is 97.1 cm³/mol. The van der Waals surface area contributed by atoms with E-state index < -0.39 is 17.4 Å². The maximum Gasteiger partial charge on any atom is 0.257 e. The average Bonchev–Trinajstić information content (AvgIpc) is 2.54. The first-order chi connectivity index (χ1) is 12.0. The molecular formula is C17H18N4O3S. The van der Waals surface area contributed by atoms with E-state index in [4.69, 9.17) is 0 Å². The number of nitrogens with one attached hydrogen (secondary N) is 3. The van der Waals surface area contributed by atoms with Gasteiger partial charge in [0.1, 0.15) is 5.82 Å². The summed E-state index contributed by atoms with van der Waals surface area (Å²) in [4.78, 5) is 44.0. The van der Waals surface area contributed by atoms with Crippen molar-refractivity contribution in [1.29, 1.82) is 0 Å². The number of amides is 2. The monoisotopic (exact) mass is 358 g/mol. The lowest BCUT2D eigenvalue weighted by Crippen LogP contribution is -2.36. The fraction of sp³-hybridized carbons (Fsp3) is 0.294. The maximum absolute atomic E-state index is 12.7. The van der Waals surface area contributed by atoms with Crippen LogP contribution in [0.3, 0.4) is 0 Å². The van der Waals surface area contributed by atoms with Crippen LogP contribution in [0.5, 0.6) is 0 Å². The third-order valence-electron chi connectivity index (χ3n) is 3.81. The third-order valence-corrected chi connectivity index (χ3v) is 4.57. The van der Waals surface area contributed by atoms with Crippen LogP contribution in [0.2, 0.25) is 0 Å². The minimum Gasteiger partial charge on any atom is -0.326 e. The molecule has 1 aliphatic rings. The second-order valence-electron chi connectivity index (χ2n) is 5.73. The highest BCUT2D eigenvalue weighted by Crippen LogP contribution is 2.30. The molecule has 8 heteroatoms. The SMILES string of the molecule is CCSc1nc2c(c(=O)[nH]1)C(C(=O)Nc1cccc(C)c1)CC(=O)N2. The first kappa shape index (κ1) is 17.2. The summed E-state index contributed by atoms with van der Waals surface area (Å²) >= 11 is 1.36. The fourth-order valence-corrected chi connectivity index (χ4v) is 3.33. The van der Waals surface area contributed by atoms with Crippen LogP contribution in [0, 0.1) is 6.92 Å². The van der Waals surface area contributed by atoms with Gasteiger partial charge in [-0.1, -0.05) is 30.8 Å². The van der Waals surface area contributed by atoms with Gasteiger partial charge >= 0.3 is 0 Å². The molecule has 2 aromatic rings. The molecule has 0 fully saturated rings. The Hall–Kier alpha value is -2.61. The van der Waals surface area contributed by atoms with Gasteiger partial charge in [-0.05, 0) is 30.4 Å². The number of fused-ring (bicyclic) bond motifs is 1. The standard InChI is InChI=1S/C17H18N4O3S/c1-3-25-17-20-14-13(16(24)21-17)11(8-12(22)19-14)15(23)18-10-6-4-5-9(2)7-10/h4-7,11H,3,8H2,1-2H3,(H,18,23)(H2,19,20,21,22,24). The van der Waals surface area contributed by atoms with Gasteiger partial charge in [-0.15, -0.1) is 0 Å². The van der Waals surface area contributed by atoms with E-state index in [1.165, 1.54) is 11.8 Å². The van der Waals surface area contributed by atoms with Crippen molar-refractivity contribution in [2.75, 3.05) is 16.4 Å². The van der Waals surface area contributed by atoms with Gasteiger partial charge in [-0.2, -0.15) is 0 Å². The molecule has 1 unspecified atom stereocenters. The molecule has 1 atom stereocenters. The van der Waals surface area contributed by atoms with E-state index in [9.17, 15) is 14.4 Å². The number of aromatic nitrogens is 2. The zero-order chi connectivity index (χ0) is 18.0. The number of nitrogens with zero attached hydrogens (tertiary/aromatic N) is 1. The Morgan fingerprint density at radius 1 is 1.40 bits per heavy atom.